The Morgan fingerprint density at radius 3 is 2.09 bits per heavy atom. The van der Waals surface area contributed by atoms with Crippen LogP contribution in [0, 0.1) is 0 Å². The Morgan fingerprint density at radius 1 is 0.870 bits per heavy atom. The molecular weight excluding hydrogens is 306 g/mol. The quantitative estimate of drug-likeness (QED) is 0.678. The summed E-state index contributed by atoms with van der Waals surface area (Å²) < 4.78 is 28.1. The average Bonchev–Trinajstić information content (AvgIpc) is 2.59. The van der Waals surface area contributed by atoms with E-state index < -0.39 is 10.0 Å². The first-order valence-electron chi connectivity index (χ1n) is 8.26. The van der Waals surface area contributed by atoms with Crippen LogP contribution in [-0.4, -0.2) is 8.42 Å². The second-order valence-electron chi connectivity index (χ2n) is 5.75. The summed E-state index contributed by atoms with van der Waals surface area (Å²) in [5.41, 5.74) is 1.02. The van der Waals surface area contributed by atoms with E-state index in [2.05, 4.69) is 11.6 Å². The van der Waals surface area contributed by atoms with E-state index >= 15 is 0 Å². The van der Waals surface area contributed by atoms with Gasteiger partial charge in [-0.15, -0.1) is 0 Å². The molecule has 2 rings (SSSR count). The van der Waals surface area contributed by atoms with Crippen LogP contribution in [0.3, 0.4) is 0 Å². The van der Waals surface area contributed by atoms with Crippen molar-refractivity contribution in [1.82, 2.24) is 4.72 Å². The van der Waals surface area contributed by atoms with E-state index in [9.17, 15) is 8.42 Å². The molecule has 0 heterocycles. The largest absolute Gasteiger partial charge is 0.241 e. The van der Waals surface area contributed by atoms with Gasteiger partial charge in [-0.3, -0.25) is 0 Å². The minimum absolute atomic E-state index is 0.182. The van der Waals surface area contributed by atoms with Crippen LogP contribution in [0.4, 0.5) is 0 Å². The van der Waals surface area contributed by atoms with Gasteiger partial charge >= 0.3 is 0 Å². The lowest BCUT2D eigenvalue weighted by atomic mass is 10.0. The second kappa shape index (κ2) is 8.85. The Balaban J connectivity index is 2.14. The number of hydrogen-bond acceptors (Lipinski definition) is 2. The van der Waals surface area contributed by atoms with Crippen LogP contribution in [0.15, 0.2) is 65.6 Å². The van der Waals surface area contributed by atoms with Crippen molar-refractivity contribution in [3.8, 4) is 0 Å². The van der Waals surface area contributed by atoms with E-state index in [1.807, 2.05) is 36.4 Å². The van der Waals surface area contributed by atoms with Crippen molar-refractivity contribution in [2.45, 2.75) is 50.0 Å². The molecule has 4 heteroatoms. The smallest absolute Gasteiger partial charge is 0.207 e. The van der Waals surface area contributed by atoms with Crippen molar-refractivity contribution in [1.29, 1.82) is 0 Å². The summed E-state index contributed by atoms with van der Waals surface area (Å²) in [7, 11) is -3.50. The molecule has 0 bridgehead atoms. The van der Waals surface area contributed by atoms with Gasteiger partial charge in [0.05, 0.1) is 4.90 Å². The van der Waals surface area contributed by atoms with Gasteiger partial charge in [0.15, 0.2) is 0 Å². The highest BCUT2D eigenvalue weighted by molar-refractivity contribution is 7.89. The van der Waals surface area contributed by atoms with Gasteiger partial charge in [-0.05, 0) is 24.1 Å². The zero-order valence-electron chi connectivity index (χ0n) is 13.6. The van der Waals surface area contributed by atoms with Crippen LogP contribution in [0.1, 0.15) is 50.6 Å². The number of unbranched alkanes of at least 4 members (excludes halogenated alkanes) is 3. The van der Waals surface area contributed by atoms with E-state index in [1.54, 1.807) is 24.3 Å². The summed E-state index contributed by atoms with van der Waals surface area (Å²) >= 11 is 0. The lowest BCUT2D eigenvalue weighted by Gasteiger charge is -2.19. The normalized spacial score (nSPS) is 12.9. The molecule has 1 N–H and O–H groups in total. The first kappa shape index (κ1) is 17.7. The van der Waals surface area contributed by atoms with Crippen molar-refractivity contribution < 1.29 is 8.42 Å². The maximum atomic E-state index is 12.6. The van der Waals surface area contributed by atoms with Crippen molar-refractivity contribution >= 4 is 10.0 Å². The molecule has 1 atom stereocenters. The van der Waals surface area contributed by atoms with E-state index in [1.165, 1.54) is 12.8 Å². The predicted octanol–water partition coefficient (Wildman–Crippen LogP) is 4.68. The van der Waals surface area contributed by atoms with Gasteiger partial charge in [0, 0.05) is 6.04 Å². The zero-order valence-corrected chi connectivity index (χ0v) is 14.4. The maximum absolute atomic E-state index is 12.6. The van der Waals surface area contributed by atoms with E-state index in [0.29, 0.717) is 4.90 Å². The second-order valence-corrected chi connectivity index (χ2v) is 7.46. The molecule has 0 saturated heterocycles. The molecule has 0 aromatic heterocycles. The van der Waals surface area contributed by atoms with Gasteiger partial charge in [0.2, 0.25) is 10.0 Å². The Bertz CT molecular complexity index is 669. The number of rotatable bonds is 9. The van der Waals surface area contributed by atoms with E-state index in [-0.39, 0.29) is 6.04 Å². The molecular formula is C19H25NO2S. The van der Waals surface area contributed by atoms with Crippen molar-refractivity contribution in [3.63, 3.8) is 0 Å². The van der Waals surface area contributed by atoms with Crippen LogP contribution in [0.2, 0.25) is 0 Å². The van der Waals surface area contributed by atoms with Crippen LogP contribution < -0.4 is 4.72 Å². The third kappa shape index (κ3) is 5.48. The molecule has 0 aliphatic rings. The Kier molecular flexibility index (Phi) is 6.81. The fourth-order valence-corrected chi connectivity index (χ4v) is 3.89. The highest BCUT2D eigenvalue weighted by atomic mass is 32.2. The summed E-state index contributed by atoms with van der Waals surface area (Å²) in [5, 5.41) is 0. The standard InChI is InChI=1S/C19H25NO2S/c1-2-3-4-11-16-19(17-12-7-5-8-13-17)20-23(21,22)18-14-9-6-10-15-18/h5-10,12-15,19-20H,2-4,11,16H2,1H3. The van der Waals surface area contributed by atoms with E-state index in [0.717, 1.165) is 24.8 Å². The molecule has 2 aromatic rings. The number of nitrogens with one attached hydrogen (secondary N) is 1. The van der Waals surface area contributed by atoms with E-state index in [4.69, 9.17) is 0 Å². The molecule has 0 fully saturated rings. The molecule has 0 amide bonds. The summed E-state index contributed by atoms with van der Waals surface area (Å²) in [5.74, 6) is 0. The summed E-state index contributed by atoms with van der Waals surface area (Å²) in [6.07, 6.45) is 5.33. The maximum Gasteiger partial charge on any atom is 0.241 e. The predicted molar refractivity (Wildman–Crippen MR) is 94.7 cm³/mol. The highest BCUT2D eigenvalue weighted by Gasteiger charge is 2.20. The molecule has 0 saturated carbocycles. The fraction of sp³-hybridized carbons (Fsp3) is 0.368. The molecule has 2 aromatic carbocycles. The van der Waals surface area contributed by atoms with Gasteiger partial charge in [0.1, 0.15) is 0 Å². The molecule has 0 spiro atoms. The fourth-order valence-electron chi connectivity index (χ4n) is 2.61. The minimum Gasteiger partial charge on any atom is -0.207 e. The van der Waals surface area contributed by atoms with Crippen molar-refractivity contribution in [2.75, 3.05) is 0 Å². The molecule has 23 heavy (non-hydrogen) atoms. The Labute approximate surface area is 139 Å². The first-order chi connectivity index (χ1) is 11.1. The topological polar surface area (TPSA) is 46.2 Å². The first-order valence-corrected chi connectivity index (χ1v) is 9.74. The number of hydrogen-bond donors (Lipinski definition) is 1. The monoisotopic (exact) mass is 331 g/mol. The SMILES string of the molecule is CCCCCCC(NS(=O)(=O)c1ccccc1)c1ccccc1. The Hall–Kier alpha value is -1.65. The van der Waals surface area contributed by atoms with Crippen LogP contribution in [0.25, 0.3) is 0 Å². The van der Waals surface area contributed by atoms with Crippen molar-refractivity contribution in [3.05, 3.63) is 66.2 Å². The van der Waals surface area contributed by atoms with Crippen LogP contribution in [-0.2, 0) is 10.0 Å². The number of sulfonamides is 1. The van der Waals surface area contributed by atoms with Gasteiger partial charge in [-0.25, -0.2) is 13.1 Å². The summed E-state index contributed by atoms with van der Waals surface area (Å²) in [6, 6.07) is 18.2. The molecule has 0 radical (unpaired) electrons. The third-order valence-electron chi connectivity index (χ3n) is 3.90. The van der Waals surface area contributed by atoms with Crippen LogP contribution >= 0.6 is 0 Å². The van der Waals surface area contributed by atoms with Gasteiger partial charge in [0.25, 0.3) is 0 Å². The Morgan fingerprint density at radius 2 is 1.48 bits per heavy atom. The van der Waals surface area contributed by atoms with Crippen LogP contribution in [0.5, 0.6) is 0 Å². The molecule has 3 nitrogen and oxygen atoms in total. The summed E-state index contributed by atoms with van der Waals surface area (Å²) in [6.45, 7) is 2.17. The van der Waals surface area contributed by atoms with Crippen molar-refractivity contribution in [2.24, 2.45) is 0 Å². The average molecular weight is 331 g/mol. The zero-order chi connectivity index (χ0) is 16.5. The molecule has 0 aliphatic carbocycles. The molecule has 1 unspecified atom stereocenters. The lowest BCUT2D eigenvalue weighted by Crippen LogP contribution is -2.28. The van der Waals surface area contributed by atoms with Gasteiger partial charge < -0.3 is 0 Å². The number of benzene rings is 2. The lowest BCUT2D eigenvalue weighted by molar-refractivity contribution is 0.513. The molecule has 124 valence electrons. The highest BCUT2D eigenvalue weighted by Crippen LogP contribution is 2.23. The van der Waals surface area contributed by atoms with Gasteiger partial charge in [-0.2, -0.15) is 0 Å². The molecule has 0 aliphatic heterocycles. The minimum atomic E-state index is -3.50. The summed E-state index contributed by atoms with van der Waals surface area (Å²) in [4.78, 5) is 0.314. The van der Waals surface area contributed by atoms with Gasteiger partial charge in [-0.1, -0.05) is 81.1 Å². The third-order valence-corrected chi connectivity index (χ3v) is 5.39.